The Hall–Kier alpha value is -0.830. The van der Waals surface area contributed by atoms with Gasteiger partial charge in [-0.1, -0.05) is 32.1 Å². The molecule has 3 heteroatoms. The summed E-state index contributed by atoms with van der Waals surface area (Å²) in [7, 11) is 0. The molecule has 102 valence electrons. The molecule has 0 saturated heterocycles. The lowest BCUT2D eigenvalue weighted by atomic mass is 9.96. The van der Waals surface area contributed by atoms with Gasteiger partial charge in [-0.25, -0.2) is 0 Å². The summed E-state index contributed by atoms with van der Waals surface area (Å²) in [6.07, 6.45) is 13.9. The van der Waals surface area contributed by atoms with Crippen molar-refractivity contribution in [1.82, 2.24) is 15.1 Å². The van der Waals surface area contributed by atoms with E-state index in [1.54, 1.807) is 0 Å². The standard InChI is InChI=1S/C15H27N3/c1-3-18-12-14(11-16-18)13(2)17-15-9-7-5-4-6-8-10-15/h11-13,15,17H,3-10H2,1-2H3. The summed E-state index contributed by atoms with van der Waals surface area (Å²) in [5, 5.41) is 8.15. The van der Waals surface area contributed by atoms with Crippen LogP contribution in [0.4, 0.5) is 0 Å². The van der Waals surface area contributed by atoms with Gasteiger partial charge in [-0.05, 0) is 26.7 Å². The minimum Gasteiger partial charge on any atom is -0.307 e. The molecule has 0 radical (unpaired) electrons. The SMILES string of the molecule is CCn1cc(C(C)NC2CCCCCCC2)cn1. The molecular formula is C15H27N3. The zero-order chi connectivity index (χ0) is 12.8. The molecule has 2 rings (SSSR count). The Morgan fingerprint density at radius 1 is 1.28 bits per heavy atom. The smallest absolute Gasteiger partial charge is 0.0537 e. The number of aromatic nitrogens is 2. The molecule has 0 bridgehead atoms. The van der Waals surface area contributed by atoms with E-state index in [9.17, 15) is 0 Å². The largest absolute Gasteiger partial charge is 0.307 e. The summed E-state index contributed by atoms with van der Waals surface area (Å²) < 4.78 is 2.01. The second kappa shape index (κ2) is 6.93. The van der Waals surface area contributed by atoms with Crippen LogP contribution in [0.3, 0.4) is 0 Å². The van der Waals surface area contributed by atoms with Crippen LogP contribution in [0.15, 0.2) is 12.4 Å². The molecule has 0 aromatic carbocycles. The topological polar surface area (TPSA) is 29.9 Å². The van der Waals surface area contributed by atoms with Gasteiger partial charge < -0.3 is 5.32 Å². The summed E-state index contributed by atoms with van der Waals surface area (Å²) in [4.78, 5) is 0. The maximum atomic E-state index is 4.36. The summed E-state index contributed by atoms with van der Waals surface area (Å²) >= 11 is 0. The Balaban J connectivity index is 1.86. The minimum absolute atomic E-state index is 0.426. The number of rotatable bonds is 4. The molecule has 0 amide bonds. The molecule has 1 saturated carbocycles. The Kier molecular flexibility index (Phi) is 5.24. The average molecular weight is 249 g/mol. The van der Waals surface area contributed by atoms with Gasteiger partial charge in [-0.15, -0.1) is 0 Å². The normalized spacial score (nSPS) is 20.3. The first kappa shape index (κ1) is 13.6. The van der Waals surface area contributed by atoms with E-state index < -0.39 is 0 Å². The van der Waals surface area contributed by atoms with Crippen LogP contribution in [0.5, 0.6) is 0 Å². The van der Waals surface area contributed by atoms with Crippen LogP contribution in [-0.4, -0.2) is 15.8 Å². The van der Waals surface area contributed by atoms with Crippen molar-refractivity contribution in [2.24, 2.45) is 0 Å². The molecule has 1 fully saturated rings. The van der Waals surface area contributed by atoms with Crippen molar-refractivity contribution in [2.75, 3.05) is 0 Å². The Labute approximate surface area is 111 Å². The average Bonchev–Trinajstić information content (AvgIpc) is 2.81. The van der Waals surface area contributed by atoms with Crippen molar-refractivity contribution in [3.8, 4) is 0 Å². The molecular weight excluding hydrogens is 222 g/mol. The van der Waals surface area contributed by atoms with E-state index >= 15 is 0 Å². The van der Waals surface area contributed by atoms with Crippen molar-refractivity contribution >= 4 is 0 Å². The van der Waals surface area contributed by atoms with Crippen molar-refractivity contribution in [2.45, 2.75) is 77.4 Å². The Morgan fingerprint density at radius 3 is 2.56 bits per heavy atom. The second-order valence-electron chi connectivity index (χ2n) is 5.56. The molecule has 3 nitrogen and oxygen atoms in total. The highest BCUT2D eigenvalue weighted by Crippen LogP contribution is 2.20. The van der Waals surface area contributed by atoms with Crippen molar-refractivity contribution in [1.29, 1.82) is 0 Å². The maximum Gasteiger partial charge on any atom is 0.0537 e. The van der Waals surface area contributed by atoms with Gasteiger partial charge >= 0.3 is 0 Å². The van der Waals surface area contributed by atoms with Crippen LogP contribution < -0.4 is 5.32 Å². The van der Waals surface area contributed by atoms with Gasteiger partial charge in [-0.2, -0.15) is 5.10 Å². The number of aryl methyl sites for hydroxylation is 1. The molecule has 18 heavy (non-hydrogen) atoms. The quantitative estimate of drug-likeness (QED) is 0.882. The third kappa shape index (κ3) is 3.84. The monoisotopic (exact) mass is 249 g/mol. The van der Waals surface area contributed by atoms with Crippen molar-refractivity contribution in [3.05, 3.63) is 18.0 Å². The van der Waals surface area contributed by atoms with E-state index in [1.807, 2.05) is 10.9 Å². The molecule has 1 aromatic rings. The fourth-order valence-electron chi connectivity index (χ4n) is 2.85. The highest BCUT2D eigenvalue weighted by atomic mass is 15.3. The highest BCUT2D eigenvalue weighted by molar-refractivity contribution is 5.09. The van der Waals surface area contributed by atoms with E-state index in [-0.39, 0.29) is 0 Å². The van der Waals surface area contributed by atoms with Crippen LogP contribution in [0, 0.1) is 0 Å². The van der Waals surface area contributed by atoms with E-state index in [2.05, 4.69) is 30.5 Å². The van der Waals surface area contributed by atoms with Gasteiger partial charge in [0.1, 0.15) is 0 Å². The highest BCUT2D eigenvalue weighted by Gasteiger charge is 2.15. The fourth-order valence-corrected chi connectivity index (χ4v) is 2.85. The summed E-state index contributed by atoms with van der Waals surface area (Å²) in [6.45, 7) is 5.34. The number of nitrogens with zero attached hydrogens (tertiary/aromatic N) is 2. The van der Waals surface area contributed by atoms with Crippen LogP contribution >= 0.6 is 0 Å². The van der Waals surface area contributed by atoms with Gasteiger partial charge in [0.05, 0.1) is 6.20 Å². The zero-order valence-electron chi connectivity index (χ0n) is 11.9. The van der Waals surface area contributed by atoms with Crippen LogP contribution in [0.25, 0.3) is 0 Å². The lowest BCUT2D eigenvalue weighted by Crippen LogP contribution is -2.32. The number of hydrogen-bond acceptors (Lipinski definition) is 2. The molecule has 1 aliphatic rings. The van der Waals surface area contributed by atoms with Crippen LogP contribution in [0.1, 0.15) is 70.4 Å². The lowest BCUT2D eigenvalue weighted by Gasteiger charge is -2.24. The van der Waals surface area contributed by atoms with Crippen LogP contribution in [-0.2, 0) is 6.54 Å². The predicted molar refractivity (Wildman–Crippen MR) is 75.6 cm³/mol. The molecule has 1 N–H and O–H groups in total. The molecule has 0 aliphatic heterocycles. The third-order valence-electron chi connectivity index (χ3n) is 4.07. The summed E-state index contributed by atoms with van der Waals surface area (Å²) in [5.41, 5.74) is 1.32. The second-order valence-corrected chi connectivity index (χ2v) is 5.56. The molecule has 1 atom stereocenters. The van der Waals surface area contributed by atoms with Gasteiger partial charge in [-0.3, -0.25) is 4.68 Å². The first-order chi connectivity index (χ1) is 8.79. The number of hydrogen-bond donors (Lipinski definition) is 1. The zero-order valence-corrected chi connectivity index (χ0v) is 11.9. The molecule has 1 unspecified atom stereocenters. The van der Waals surface area contributed by atoms with E-state index in [1.165, 1.54) is 50.5 Å². The van der Waals surface area contributed by atoms with Gasteiger partial charge in [0, 0.05) is 30.4 Å². The van der Waals surface area contributed by atoms with Crippen LogP contribution in [0.2, 0.25) is 0 Å². The van der Waals surface area contributed by atoms with Crippen molar-refractivity contribution < 1.29 is 0 Å². The van der Waals surface area contributed by atoms with Gasteiger partial charge in [0.15, 0.2) is 0 Å². The molecule has 1 aromatic heterocycles. The summed E-state index contributed by atoms with van der Waals surface area (Å²) in [5.74, 6) is 0. The predicted octanol–water partition coefficient (Wildman–Crippen LogP) is 3.67. The van der Waals surface area contributed by atoms with E-state index in [0.29, 0.717) is 12.1 Å². The molecule has 1 aliphatic carbocycles. The molecule has 0 spiro atoms. The van der Waals surface area contributed by atoms with E-state index in [4.69, 9.17) is 0 Å². The first-order valence-corrected chi connectivity index (χ1v) is 7.58. The summed E-state index contributed by atoms with van der Waals surface area (Å²) in [6, 6.07) is 1.13. The lowest BCUT2D eigenvalue weighted by molar-refractivity contribution is 0.362. The van der Waals surface area contributed by atoms with E-state index in [0.717, 1.165) is 6.54 Å². The fraction of sp³-hybridized carbons (Fsp3) is 0.800. The Morgan fingerprint density at radius 2 is 1.94 bits per heavy atom. The maximum absolute atomic E-state index is 4.36. The molecule has 1 heterocycles. The van der Waals surface area contributed by atoms with Crippen molar-refractivity contribution in [3.63, 3.8) is 0 Å². The third-order valence-corrected chi connectivity index (χ3v) is 4.07. The first-order valence-electron chi connectivity index (χ1n) is 7.58. The Bertz CT molecular complexity index is 337. The van der Waals surface area contributed by atoms with Gasteiger partial charge in [0.2, 0.25) is 0 Å². The number of nitrogens with one attached hydrogen (secondary N) is 1. The minimum atomic E-state index is 0.426. The van der Waals surface area contributed by atoms with Gasteiger partial charge in [0.25, 0.3) is 0 Å².